The second kappa shape index (κ2) is 18.8. The summed E-state index contributed by atoms with van der Waals surface area (Å²) < 4.78 is 29.0. The minimum Gasteiger partial charge on any atom is -0.493 e. The smallest absolute Gasteiger partial charge is 0.329 e. The second-order valence-electron chi connectivity index (χ2n) is 17.7. The van der Waals surface area contributed by atoms with E-state index in [1.807, 2.05) is 83.8 Å². The molecule has 0 aliphatic carbocycles. The Bertz CT molecular complexity index is 2730. The molecule has 2 fully saturated rings. The van der Waals surface area contributed by atoms with Crippen LogP contribution in [0, 0.1) is 11.8 Å². The van der Waals surface area contributed by atoms with Crippen molar-refractivity contribution in [1.82, 2.24) is 15.1 Å². The Balaban J connectivity index is 1.32. The second-order valence-corrected chi connectivity index (χ2v) is 17.7. The van der Waals surface area contributed by atoms with Gasteiger partial charge < -0.3 is 39.0 Å². The topological polar surface area (TPSA) is 173 Å². The lowest BCUT2D eigenvalue weighted by Crippen LogP contribution is -2.58. The van der Waals surface area contributed by atoms with Gasteiger partial charge in [0.2, 0.25) is 11.8 Å². The quantitative estimate of drug-likeness (QED) is 0.135. The van der Waals surface area contributed by atoms with E-state index in [9.17, 15) is 14.7 Å². The minimum atomic E-state index is -2.01. The fourth-order valence-electron chi connectivity index (χ4n) is 10.9. The maximum absolute atomic E-state index is 16.6. The van der Waals surface area contributed by atoms with E-state index in [1.54, 1.807) is 68.3 Å². The maximum atomic E-state index is 16.6. The number of benzene rings is 5. The Morgan fingerprint density at radius 3 is 2.10 bits per heavy atom. The lowest BCUT2D eigenvalue weighted by Gasteiger charge is -2.46. The van der Waals surface area contributed by atoms with Crippen molar-refractivity contribution in [1.29, 1.82) is 0 Å². The third-order valence-electron chi connectivity index (χ3n) is 13.8. The highest BCUT2D eigenvalue weighted by molar-refractivity contribution is 6.25. The van der Waals surface area contributed by atoms with Crippen molar-refractivity contribution in [3.63, 3.8) is 0 Å². The molecule has 2 saturated heterocycles. The Kier molecular flexibility index (Phi) is 12.7. The highest BCUT2D eigenvalue weighted by Crippen LogP contribution is 2.66. The van der Waals surface area contributed by atoms with E-state index in [2.05, 4.69) is 5.32 Å². The van der Waals surface area contributed by atoms with Gasteiger partial charge in [-0.05, 0) is 76.1 Å². The molecular weight excluding hydrogens is 869 g/mol. The van der Waals surface area contributed by atoms with Crippen molar-refractivity contribution in [2.24, 2.45) is 11.8 Å². The monoisotopic (exact) mass is 922 g/mol. The summed E-state index contributed by atoms with van der Waals surface area (Å²) in [4.78, 5) is 81.1. The van der Waals surface area contributed by atoms with Crippen LogP contribution in [0.5, 0.6) is 17.2 Å². The number of ether oxygens (including phenoxy) is 5. The van der Waals surface area contributed by atoms with Crippen molar-refractivity contribution in [2.75, 3.05) is 46.0 Å². The molecule has 4 amide bonds. The Morgan fingerprint density at radius 1 is 0.794 bits per heavy atom. The molecule has 15 heteroatoms. The number of morpholine rings is 1. The largest absolute Gasteiger partial charge is 0.493 e. The molecule has 0 saturated carbocycles. The molecule has 1 spiro atoms. The number of aliphatic hydroxyl groups is 1. The van der Waals surface area contributed by atoms with Gasteiger partial charge in [0.05, 0.1) is 51.6 Å². The molecule has 0 aromatic heterocycles. The molecule has 4 aliphatic rings. The van der Waals surface area contributed by atoms with E-state index in [0.717, 1.165) is 21.6 Å². The number of carbonyl (C=O) groups excluding carboxylic acids is 5. The van der Waals surface area contributed by atoms with E-state index in [1.165, 1.54) is 14.2 Å². The normalized spacial score (nSPS) is 23.3. The van der Waals surface area contributed by atoms with Gasteiger partial charge in [-0.15, -0.1) is 0 Å². The van der Waals surface area contributed by atoms with Gasteiger partial charge in [0.1, 0.15) is 36.0 Å². The van der Waals surface area contributed by atoms with Gasteiger partial charge >= 0.3 is 18.0 Å². The summed E-state index contributed by atoms with van der Waals surface area (Å²) in [5, 5.41) is 12.6. The number of imide groups is 1. The van der Waals surface area contributed by atoms with Crippen LogP contribution in [0.1, 0.15) is 65.4 Å². The van der Waals surface area contributed by atoms with Crippen molar-refractivity contribution < 1.29 is 52.8 Å². The van der Waals surface area contributed by atoms with Crippen LogP contribution in [0.4, 0.5) is 10.5 Å². The van der Waals surface area contributed by atoms with Crippen LogP contribution in [-0.4, -0.2) is 97.9 Å². The molecule has 68 heavy (non-hydrogen) atoms. The van der Waals surface area contributed by atoms with E-state index in [4.69, 9.17) is 23.7 Å². The Hall–Kier alpha value is -7.23. The number of urea groups is 1. The number of carbonyl (C=O) groups is 5. The average Bonchev–Trinajstić information content (AvgIpc) is 3.83. The third kappa shape index (κ3) is 7.59. The highest BCUT2D eigenvalue weighted by Gasteiger charge is 2.76. The first-order chi connectivity index (χ1) is 33.0. The van der Waals surface area contributed by atoms with E-state index in [-0.39, 0.29) is 32.0 Å². The lowest BCUT2D eigenvalue weighted by atomic mass is 9.65. The molecule has 5 aromatic rings. The highest BCUT2D eigenvalue weighted by atomic mass is 16.6. The number of cyclic esters (lactones) is 1. The van der Waals surface area contributed by atoms with Crippen LogP contribution in [0.25, 0.3) is 0 Å². The van der Waals surface area contributed by atoms with Gasteiger partial charge in [-0.1, -0.05) is 105 Å². The Labute approximate surface area is 394 Å². The van der Waals surface area contributed by atoms with Gasteiger partial charge in [-0.2, -0.15) is 0 Å². The maximum Gasteiger partial charge on any atom is 0.329 e. The van der Waals surface area contributed by atoms with Crippen LogP contribution >= 0.6 is 0 Å². The summed E-state index contributed by atoms with van der Waals surface area (Å²) >= 11 is 0. The standard InChI is InChI=1S/C53H54N4O11/c1-31(2)43(49(60)66-5)54-52(63)56-39-22-13-12-21-38(39)53(51(56)62)42(48(59)55-24-23-34-28-40(64-3)41(65-4)29-36(34)30-55)45-50(61)68-46(33-17-10-7-11-18-33)44(32-15-8-6-9-16-32)57(45)47(53)35-19-14-20-37(27-35)67-26-25-58/h6-22,27-29,31,42-47,58H,23-26,30H2,1-5H3,(H,54,63). The van der Waals surface area contributed by atoms with Gasteiger partial charge in [0, 0.05) is 13.1 Å². The number of hydrogen-bond donors (Lipinski definition) is 2. The number of para-hydroxylation sites is 1. The predicted molar refractivity (Wildman–Crippen MR) is 249 cm³/mol. The zero-order valence-electron chi connectivity index (χ0n) is 38.5. The molecule has 7 unspecified atom stereocenters. The zero-order chi connectivity index (χ0) is 47.9. The molecule has 9 rings (SSSR count). The van der Waals surface area contributed by atoms with Crippen molar-refractivity contribution in [3.05, 3.63) is 155 Å². The summed E-state index contributed by atoms with van der Waals surface area (Å²) in [5.41, 5.74) is 2.20. The minimum absolute atomic E-state index is 0.0260. The number of rotatable bonds is 12. The molecule has 7 atom stereocenters. The van der Waals surface area contributed by atoms with E-state index >= 15 is 14.4 Å². The molecule has 2 N–H and O–H groups in total. The van der Waals surface area contributed by atoms with Crippen LogP contribution in [0.3, 0.4) is 0 Å². The number of anilines is 1. The molecule has 0 bridgehead atoms. The molecule has 5 aromatic carbocycles. The first-order valence-electron chi connectivity index (χ1n) is 22.7. The number of fused-ring (bicyclic) bond motifs is 4. The van der Waals surface area contributed by atoms with E-state index in [0.29, 0.717) is 40.4 Å². The fourth-order valence-corrected chi connectivity index (χ4v) is 10.9. The molecule has 4 heterocycles. The van der Waals surface area contributed by atoms with Crippen molar-refractivity contribution >= 4 is 35.5 Å². The fraction of sp³-hybridized carbons (Fsp3) is 0.340. The van der Waals surface area contributed by atoms with Crippen molar-refractivity contribution in [3.8, 4) is 17.2 Å². The molecule has 0 radical (unpaired) electrons. The summed E-state index contributed by atoms with van der Waals surface area (Å²) in [6, 6.07) is 31.1. The van der Waals surface area contributed by atoms with Crippen LogP contribution in [0.15, 0.2) is 121 Å². The number of esters is 2. The lowest BCUT2D eigenvalue weighted by molar-refractivity contribution is -0.179. The van der Waals surface area contributed by atoms with Gasteiger partial charge in [0.15, 0.2) is 11.5 Å². The van der Waals surface area contributed by atoms with Gasteiger partial charge in [-0.25, -0.2) is 14.5 Å². The number of nitrogens with one attached hydrogen (secondary N) is 1. The van der Waals surface area contributed by atoms with Crippen LogP contribution in [-0.2, 0) is 47.0 Å². The van der Waals surface area contributed by atoms with Gasteiger partial charge in [0.25, 0.3) is 0 Å². The molecule has 4 aliphatic heterocycles. The van der Waals surface area contributed by atoms with Crippen molar-refractivity contribution in [2.45, 2.75) is 62.5 Å². The number of nitrogens with zero attached hydrogens (tertiary/aromatic N) is 3. The number of hydrogen-bond acceptors (Lipinski definition) is 12. The number of aliphatic hydroxyl groups excluding tert-OH is 1. The van der Waals surface area contributed by atoms with Crippen LogP contribution < -0.4 is 24.4 Å². The van der Waals surface area contributed by atoms with Crippen LogP contribution in [0.2, 0.25) is 0 Å². The first kappa shape index (κ1) is 45.9. The predicted octanol–water partition coefficient (Wildman–Crippen LogP) is 6.23. The first-order valence-corrected chi connectivity index (χ1v) is 22.7. The zero-order valence-corrected chi connectivity index (χ0v) is 38.5. The van der Waals surface area contributed by atoms with E-state index < -0.39 is 77.3 Å². The third-order valence-corrected chi connectivity index (χ3v) is 13.8. The SMILES string of the molecule is COC(=O)C(NC(=O)N1C(=O)C2(c3ccccc31)C(C(=O)N1CCc3cc(OC)c(OC)cc3C1)C1C(=O)OC(c3ccccc3)C(c3ccccc3)N1C2c1cccc(OCCO)c1)C(C)C. The summed E-state index contributed by atoms with van der Waals surface area (Å²) in [5.74, 6) is -3.24. The van der Waals surface area contributed by atoms with Gasteiger partial charge in [-0.3, -0.25) is 19.3 Å². The molecule has 15 nitrogen and oxygen atoms in total. The average molecular weight is 923 g/mol. The number of amides is 4. The summed E-state index contributed by atoms with van der Waals surface area (Å²) in [7, 11) is 4.32. The Morgan fingerprint density at radius 2 is 1.44 bits per heavy atom. The number of methoxy groups -OCH3 is 3. The summed E-state index contributed by atoms with van der Waals surface area (Å²) in [6.45, 7) is 3.54. The molecule has 352 valence electrons. The molecular formula is C53H54N4O11. The summed E-state index contributed by atoms with van der Waals surface area (Å²) in [6.07, 6.45) is -0.494.